The van der Waals surface area contributed by atoms with Crippen molar-refractivity contribution in [2.45, 2.75) is 39.2 Å². The first kappa shape index (κ1) is 20.1. The number of carbonyl (C=O) groups is 1. The van der Waals surface area contributed by atoms with E-state index in [-0.39, 0.29) is 11.9 Å². The predicted molar refractivity (Wildman–Crippen MR) is 123 cm³/mol. The molecule has 0 bridgehead atoms. The Kier molecular flexibility index (Phi) is 5.26. The Morgan fingerprint density at radius 1 is 1.12 bits per heavy atom. The van der Waals surface area contributed by atoms with Gasteiger partial charge in [0, 0.05) is 53.6 Å². The van der Waals surface area contributed by atoms with Crippen LogP contribution in [0, 0.1) is 6.92 Å². The molecule has 162 valence electrons. The largest absolute Gasteiger partial charge is 0.340 e. The number of nitrogens with one attached hydrogen (secondary N) is 1. The molecule has 4 heterocycles. The standard InChI is InChI=1S/C24H25N7O/c1-16-13-21(31-24(26-16)28-22(29-31)19-9-6-11-25-15-19)27-20-10-5-8-18(14-20)23(32)30-12-4-3-7-17(30)2/h5-6,8-11,13-15,17,27H,3-4,7,12H2,1-2H3/t17-/m0/s1. The SMILES string of the molecule is Cc1cc(Nc2cccc(C(=O)N3CCCC[C@@H]3C)c2)n2nc(-c3cccnc3)nc2n1. The average molecular weight is 428 g/mol. The number of hydrogen-bond donors (Lipinski definition) is 1. The van der Waals surface area contributed by atoms with Crippen molar-refractivity contribution < 1.29 is 4.79 Å². The zero-order valence-corrected chi connectivity index (χ0v) is 18.2. The van der Waals surface area contributed by atoms with Crippen LogP contribution >= 0.6 is 0 Å². The number of carbonyl (C=O) groups excluding carboxylic acids is 1. The molecule has 0 aliphatic carbocycles. The van der Waals surface area contributed by atoms with Gasteiger partial charge in [-0.15, -0.1) is 5.10 Å². The average Bonchev–Trinajstić information content (AvgIpc) is 3.24. The third-order valence-electron chi connectivity index (χ3n) is 5.81. The number of aryl methyl sites for hydroxylation is 1. The molecule has 0 unspecified atom stereocenters. The highest BCUT2D eigenvalue weighted by molar-refractivity contribution is 5.95. The minimum Gasteiger partial charge on any atom is -0.340 e. The Labute approximate surface area is 186 Å². The lowest BCUT2D eigenvalue weighted by molar-refractivity contribution is 0.0635. The van der Waals surface area contributed by atoms with Crippen LogP contribution < -0.4 is 5.32 Å². The Morgan fingerprint density at radius 2 is 2.03 bits per heavy atom. The summed E-state index contributed by atoms with van der Waals surface area (Å²) in [5.74, 6) is 1.87. The summed E-state index contributed by atoms with van der Waals surface area (Å²) in [5, 5.41) is 8.02. The van der Waals surface area contributed by atoms with Gasteiger partial charge in [0.2, 0.25) is 0 Å². The van der Waals surface area contributed by atoms with Crippen LogP contribution in [-0.2, 0) is 0 Å². The summed E-state index contributed by atoms with van der Waals surface area (Å²) in [6.07, 6.45) is 6.75. The van der Waals surface area contributed by atoms with Gasteiger partial charge < -0.3 is 10.2 Å². The van der Waals surface area contributed by atoms with E-state index in [1.54, 1.807) is 16.9 Å². The molecule has 4 aromatic rings. The molecule has 1 saturated heterocycles. The van der Waals surface area contributed by atoms with E-state index in [1.165, 1.54) is 6.42 Å². The normalized spacial score (nSPS) is 16.3. The number of pyridine rings is 1. The number of anilines is 2. The fourth-order valence-corrected chi connectivity index (χ4v) is 4.14. The fourth-order valence-electron chi connectivity index (χ4n) is 4.14. The van der Waals surface area contributed by atoms with E-state index in [1.807, 2.05) is 54.3 Å². The minimum atomic E-state index is 0.0801. The lowest BCUT2D eigenvalue weighted by atomic mass is 10.0. The highest BCUT2D eigenvalue weighted by atomic mass is 16.2. The van der Waals surface area contributed by atoms with Gasteiger partial charge >= 0.3 is 0 Å². The van der Waals surface area contributed by atoms with Gasteiger partial charge in [-0.1, -0.05) is 6.07 Å². The molecule has 0 radical (unpaired) electrons. The molecule has 3 aromatic heterocycles. The first-order chi connectivity index (χ1) is 15.6. The topological polar surface area (TPSA) is 88.3 Å². The van der Waals surface area contributed by atoms with E-state index >= 15 is 0 Å². The van der Waals surface area contributed by atoms with Crippen LogP contribution in [0.2, 0.25) is 0 Å². The van der Waals surface area contributed by atoms with Crippen molar-refractivity contribution in [3.05, 3.63) is 66.1 Å². The van der Waals surface area contributed by atoms with Crippen LogP contribution in [0.15, 0.2) is 54.9 Å². The molecule has 8 heteroatoms. The van der Waals surface area contributed by atoms with E-state index in [0.717, 1.165) is 42.1 Å². The predicted octanol–water partition coefficient (Wildman–Crippen LogP) is 4.25. The smallest absolute Gasteiger partial charge is 0.254 e. The lowest BCUT2D eigenvalue weighted by Crippen LogP contribution is -2.42. The molecule has 1 N–H and O–H groups in total. The molecule has 1 aliphatic rings. The molecule has 0 saturated carbocycles. The van der Waals surface area contributed by atoms with Crippen molar-refractivity contribution in [1.29, 1.82) is 0 Å². The van der Waals surface area contributed by atoms with E-state index in [0.29, 0.717) is 17.2 Å². The van der Waals surface area contributed by atoms with Crippen molar-refractivity contribution in [3.8, 4) is 11.4 Å². The van der Waals surface area contributed by atoms with Crippen LogP contribution in [0.25, 0.3) is 17.2 Å². The van der Waals surface area contributed by atoms with Crippen molar-refractivity contribution >= 4 is 23.2 Å². The van der Waals surface area contributed by atoms with Crippen molar-refractivity contribution in [3.63, 3.8) is 0 Å². The number of benzene rings is 1. The minimum absolute atomic E-state index is 0.0801. The van der Waals surface area contributed by atoms with Crippen LogP contribution in [-0.4, -0.2) is 48.0 Å². The van der Waals surface area contributed by atoms with Gasteiger partial charge in [-0.05, 0) is 63.4 Å². The number of likely N-dealkylation sites (tertiary alicyclic amines) is 1. The lowest BCUT2D eigenvalue weighted by Gasteiger charge is -2.33. The number of aromatic nitrogens is 5. The highest BCUT2D eigenvalue weighted by Gasteiger charge is 2.24. The van der Waals surface area contributed by atoms with E-state index < -0.39 is 0 Å². The Hall–Kier alpha value is -3.81. The van der Waals surface area contributed by atoms with E-state index in [4.69, 9.17) is 0 Å². The maximum Gasteiger partial charge on any atom is 0.254 e. The molecular formula is C24H25N7O. The molecule has 1 aliphatic heterocycles. The summed E-state index contributed by atoms with van der Waals surface area (Å²) < 4.78 is 1.68. The summed E-state index contributed by atoms with van der Waals surface area (Å²) in [7, 11) is 0. The van der Waals surface area contributed by atoms with Crippen LogP contribution in [0.1, 0.15) is 42.2 Å². The molecular weight excluding hydrogens is 402 g/mol. The van der Waals surface area contributed by atoms with Gasteiger partial charge in [-0.25, -0.2) is 4.98 Å². The second-order valence-electron chi connectivity index (χ2n) is 8.22. The van der Waals surface area contributed by atoms with Gasteiger partial charge in [-0.3, -0.25) is 9.78 Å². The van der Waals surface area contributed by atoms with Crippen molar-refractivity contribution in [2.75, 3.05) is 11.9 Å². The quantitative estimate of drug-likeness (QED) is 0.524. The maximum atomic E-state index is 13.1. The number of fused-ring (bicyclic) bond motifs is 1. The van der Waals surface area contributed by atoms with Crippen LogP contribution in [0.3, 0.4) is 0 Å². The first-order valence-electron chi connectivity index (χ1n) is 10.9. The monoisotopic (exact) mass is 427 g/mol. The number of nitrogens with zero attached hydrogens (tertiary/aromatic N) is 6. The number of amides is 1. The second kappa shape index (κ2) is 8.37. The molecule has 8 nitrogen and oxygen atoms in total. The van der Waals surface area contributed by atoms with Crippen LogP contribution in [0.5, 0.6) is 0 Å². The van der Waals surface area contributed by atoms with Gasteiger partial charge in [0.15, 0.2) is 5.82 Å². The Bertz CT molecular complexity index is 1270. The summed E-state index contributed by atoms with van der Waals surface area (Å²) in [5.41, 5.74) is 3.13. The summed E-state index contributed by atoms with van der Waals surface area (Å²) in [4.78, 5) is 28.3. The highest BCUT2D eigenvalue weighted by Crippen LogP contribution is 2.24. The third-order valence-corrected chi connectivity index (χ3v) is 5.81. The van der Waals surface area contributed by atoms with Crippen molar-refractivity contribution in [2.24, 2.45) is 0 Å². The molecule has 1 fully saturated rings. The number of hydrogen-bond acceptors (Lipinski definition) is 6. The molecule has 1 aromatic carbocycles. The molecule has 32 heavy (non-hydrogen) atoms. The molecule has 0 spiro atoms. The zero-order chi connectivity index (χ0) is 22.1. The van der Waals surface area contributed by atoms with Gasteiger partial charge in [-0.2, -0.15) is 9.50 Å². The van der Waals surface area contributed by atoms with E-state index in [9.17, 15) is 4.79 Å². The Morgan fingerprint density at radius 3 is 2.84 bits per heavy atom. The summed E-state index contributed by atoms with van der Waals surface area (Å²) >= 11 is 0. The number of rotatable bonds is 4. The number of piperidine rings is 1. The Balaban J connectivity index is 1.46. The summed E-state index contributed by atoms with van der Waals surface area (Å²) in [6, 6.07) is 13.6. The fraction of sp³-hybridized carbons (Fsp3) is 0.292. The van der Waals surface area contributed by atoms with Crippen LogP contribution in [0.4, 0.5) is 11.5 Å². The third kappa shape index (κ3) is 3.91. The van der Waals surface area contributed by atoms with E-state index in [2.05, 4.69) is 32.3 Å². The summed E-state index contributed by atoms with van der Waals surface area (Å²) in [6.45, 7) is 4.86. The molecule has 1 amide bonds. The van der Waals surface area contributed by atoms with Gasteiger partial charge in [0.05, 0.1) is 0 Å². The maximum absolute atomic E-state index is 13.1. The van der Waals surface area contributed by atoms with Gasteiger partial charge in [0.1, 0.15) is 5.82 Å². The second-order valence-corrected chi connectivity index (χ2v) is 8.22. The zero-order valence-electron chi connectivity index (χ0n) is 18.2. The molecule has 5 rings (SSSR count). The molecule has 1 atom stereocenters. The first-order valence-corrected chi connectivity index (χ1v) is 10.9. The van der Waals surface area contributed by atoms with Gasteiger partial charge in [0.25, 0.3) is 11.7 Å². The van der Waals surface area contributed by atoms with Crippen molar-refractivity contribution in [1.82, 2.24) is 29.5 Å².